The minimum absolute atomic E-state index is 0.103. The summed E-state index contributed by atoms with van der Waals surface area (Å²) in [5.41, 5.74) is 3.56. The standard InChI is InChI=1S/C18H16Cl2O/c19-16-8-7-14(17(20)11-16)10-18(21)15-6-5-12-3-1-2-4-13(12)9-15/h1-4,7-8,11,15H,5-6,9-10H2. The number of rotatable bonds is 3. The molecular formula is C18H16Cl2O. The van der Waals surface area contributed by atoms with Gasteiger partial charge in [-0.05, 0) is 48.1 Å². The largest absolute Gasteiger partial charge is 0.299 e. The predicted molar refractivity (Wildman–Crippen MR) is 87.1 cm³/mol. The fourth-order valence-corrected chi connectivity index (χ4v) is 3.44. The van der Waals surface area contributed by atoms with Crippen LogP contribution < -0.4 is 0 Å². The summed E-state index contributed by atoms with van der Waals surface area (Å²) in [7, 11) is 0. The first kappa shape index (κ1) is 14.6. The zero-order valence-electron chi connectivity index (χ0n) is 11.6. The second-order valence-electron chi connectivity index (χ2n) is 5.59. The Kier molecular flexibility index (Phi) is 4.32. The van der Waals surface area contributed by atoms with Crippen LogP contribution in [0.1, 0.15) is 23.1 Å². The lowest BCUT2D eigenvalue weighted by atomic mass is 9.80. The van der Waals surface area contributed by atoms with Gasteiger partial charge in [0.05, 0.1) is 0 Å². The van der Waals surface area contributed by atoms with Crippen LogP contribution in [0.5, 0.6) is 0 Å². The first-order chi connectivity index (χ1) is 10.1. The summed E-state index contributed by atoms with van der Waals surface area (Å²) in [6.45, 7) is 0. The summed E-state index contributed by atoms with van der Waals surface area (Å²) in [6, 6.07) is 13.7. The van der Waals surface area contributed by atoms with Gasteiger partial charge in [0.15, 0.2) is 0 Å². The van der Waals surface area contributed by atoms with Crippen molar-refractivity contribution in [1.82, 2.24) is 0 Å². The molecule has 3 rings (SSSR count). The highest BCUT2D eigenvalue weighted by Crippen LogP contribution is 2.28. The van der Waals surface area contributed by atoms with Crippen LogP contribution in [0.2, 0.25) is 10.0 Å². The van der Waals surface area contributed by atoms with E-state index < -0.39 is 0 Å². The van der Waals surface area contributed by atoms with Gasteiger partial charge in [0.1, 0.15) is 5.78 Å². The Morgan fingerprint density at radius 2 is 1.86 bits per heavy atom. The highest BCUT2D eigenvalue weighted by atomic mass is 35.5. The Morgan fingerprint density at radius 3 is 2.62 bits per heavy atom. The number of fused-ring (bicyclic) bond motifs is 1. The zero-order valence-corrected chi connectivity index (χ0v) is 13.1. The molecule has 0 bridgehead atoms. The molecule has 0 aromatic heterocycles. The maximum Gasteiger partial charge on any atom is 0.140 e. The van der Waals surface area contributed by atoms with Crippen molar-refractivity contribution in [1.29, 1.82) is 0 Å². The van der Waals surface area contributed by atoms with Crippen molar-refractivity contribution in [2.45, 2.75) is 25.7 Å². The summed E-state index contributed by atoms with van der Waals surface area (Å²) < 4.78 is 0. The monoisotopic (exact) mass is 318 g/mol. The van der Waals surface area contributed by atoms with E-state index in [0.717, 1.165) is 24.8 Å². The Hall–Kier alpha value is -1.31. The van der Waals surface area contributed by atoms with Crippen LogP contribution >= 0.6 is 23.2 Å². The fourth-order valence-electron chi connectivity index (χ4n) is 2.97. The number of hydrogen-bond donors (Lipinski definition) is 0. The van der Waals surface area contributed by atoms with Crippen molar-refractivity contribution in [2.75, 3.05) is 0 Å². The van der Waals surface area contributed by atoms with E-state index >= 15 is 0 Å². The summed E-state index contributed by atoms with van der Waals surface area (Å²) in [5.74, 6) is 0.375. The molecule has 0 saturated heterocycles. The van der Waals surface area contributed by atoms with E-state index in [9.17, 15) is 4.79 Å². The molecule has 21 heavy (non-hydrogen) atoms. The smallest absolute Gasteiger partial charge is 0.140 e. The van der Waals surface area contributed by atoms with Crippen molar-refractivity contribution in [3.63, 3.8) is 0 Å². The van der Waals surface area contributed by atoms with Gasteiger partial charge >= 0.3 is 0 Å². The van der Waals surface area contributed by atoms with E-state index in [2.05, 4.69) is 18.2 Å². The lowest BCUT2D eigenvalue weighted by Crippen LogP contribution is -2.24. The molecule has 0 spiro atoms. The summed E-state index contributed by atoms with van der Waals surface area (Å²) >= 11 is 12.0. The molecule has 2 aromatic rings. The molecule has 0 saturated carbocycles. The Balaban J connectivity index is 1.72. The van der Waals surface area contributed by atoms with Crippen LogP contribution in [0.4, 0.5) is 0 Å². The molecule has 1 aliphatic carbocycles. The van der Waals surface area contributed by atoms with Crippen molar-refractivity contribution in [2.24, 2.45) is 5.92 Å². The molecule has 3 heteroatoms. The van der Waals surface area contributed by atoms with E-state index in [-0.39, 0.29) is 11.7 Å². The van der Waals surface area contributed by atoms with Gasteiger partial charge in [-0.25, -0.2) is 0 Å². The van der Waals surface area contributed by atoms with Crippen LogP contribution in [0, 0.1) is 5.92 Å². The van der Waals surface area contributed by atoms with Crippen molar-refractivity contribution < 1.29 is 4.79 Å². The molecule has 108 valence electrons. The number of aryl methyl sites for hydroxylation is 1. The highest BCUT2D eigenvalue weighted by Gasteiger charge is 2.24. The van der Waals surface area contributed by atoms with E-state index in [4.69, 9.17) is 23.2 Å². The van der Waals surface area contributed by atoms with Crippen LogP contribution in [-0.4, -0.2) is 5.78 Å². The Labute approximate surface area is 134 Å². The molecule has 1 nitrogen and oxygen atoms in total. The van der Waals surface area contributed by atoms with Crippen molar-refractivity contribution >= 4 is 29.0 Å². The fraction of sp³-hybridized carbons (Fsp3) is 0.278. The minimum atomic E-state index is 0.103. The first-order valence-electron chi connectivity index (χ1n) is 7.17. The maximum atomic E-state index is 12.5. The molecule has 0 amide bonds. The lowest BCUT2D eigenvalue weighted by molar-refractivity contribution is -0.122. The molecule has 0 fully saturated rings. The van der Waals surface area contributed by atoms with Gasteiger partial charge in [0.2, 0.25) is 0 Å². The lowest BCUT2D eigenvalue weighted by Gasteiger charge is -2.23. The van der Waals surface area contributed by atoms with E-state index in [1.165, 1.54) is 11.1 Å². The highest BCUT2D eigenvalue weighted by molar-refractivity contribution is 6.35. The second kappa shape index (κ2) is 6.21. The molecule has 0 aliphatic heterocycles. The van der Waals surface area contributed by atoms with Gasteiger partial charge < -0.3 is 0 Å². The summed E-state index contributed by atoms with van der Waals surface area (Å²) in [5, 5.41) is 1.18. The van der Waals surface area contributed by atoms with Gasteiger partial charge in [-0.2, -0.15) is 0 Å². The molecule has 1 aliphatic rings. The average molecular weight is 319 g/mol. The summed E-state index contributed by atoms with van der Waals surface area (Å²) in [4.78, 5) is 12.5. The van der Waals surface area contributed by atoms with Gasteiger partial charge in [-0.15, -0.1) is 0 Å². The molecule has 0 N–H and O–H groups in total. The summed E-state index contributed by atoms with van der Waals surface area (Å²) in [6.07, 6.45) is 3.16. The first-order valence-corrected chi connectivity index (χ1v) is 7.92. The predicted octanol–water partition coefficient (Wildman–Crippen LogP) is 4.91. The molecule has 2 aromatic carbocycles. The number of hydrogen-bond acceptors (Lipinski definition) is 1. The third-order valence-electron chi connectivity index (χ3n) is 4.18. The molecule has 1 atom stereocenters. The third-order valence-corrected chi connectivity index (χ3v) is 4.77. The molecule has 1 unspecified atom stereocenters. The number of carbonyl (C=O) groups is 1. The van der Waals surface area contributed by atoms with Crippen molar-refractivity contribution in [3.8, 4) is 0 Å². The molecular weight excluding hydrogens is 303 g/mol. The number of Topliss-reactive ketones (excluding diaryl/α,β-unsaturated/α-hetero) is 1. The van der Waals surface area contributed by atoms with Crippen LogP contribution in [0.25, 0.3) is 0 Å². The molecule has 0 heterocycles. The van der Waals surface area contributed by atoms with Gasteiger partial charge in [-0.1, -0.05) is 53.5 Å². The number of carbonyl (C=O) groups excluding carboxylic acids is 1. The zero-order chi connectivity index (χ0) is 14.8. The van der Waals surface area contributed by atoms with Crippen molar-refractivity contribution in [3.05, 3.63) is 69.2 Å². The third kappa shape index (κ3) is 3.30. The normalized spacial score (nSPS) is 17.3. The van der Waals surface area contributed by atoms with Crippen LogP contribution in [0.15, 0.2) is 42.5 Å². The van der Waals surface area contributed by atoms with E-state index in [1.807, 2.05) is 12.1 Å². The number of ketones is 1. The average Bonchev–Trinajstić information content (AvgIpc) is 2.49. The number of halogens is 2. The SMILES string of the molecule is O=C(Cc1ccc(Cl)cc1Cl)C1CCc2ccccc2C1. The number of benzene rings is 2. The second-order valence-corrected chi connectivity index (χ2v) is 6.43. The van der Waals surface area contributed by atoms with Crippen LogP contribution in [0.3, 0.4) is 0 Å². The minimum Gasteiger partial charge on any atom is -0.299 e. The molecule has 0 radical (unpaired) electrons. The Morgan fingerprint density at radius 1 is 1.10 bits per heavy atom. The van der Waals surface area contributed by atoms with Crippen LogP contribution in [-0.2, 0) is 24.1 Å². The van der Waals surface area contributed by atoms with Gasteiger partial charge in [0.25, 0.3) is 0 Å². The van der Waals surface area contributed by atoms with E-state index in [0.29, 0.717) is 16.5 Å². The van der Waals surface area contributed by atoms with E-state index in [1.54, 1.807) is 12.1 Å². The van der Waals surface area contributed by atoms with Gasteiger partial charge in [-0.3, -0.25) is 4.79 Å². The van der Waals surface area contributed by atoms with Gasteiger partial charge in [0, 0.05) is 22.4 Å². The quantitative estimate of drug-likeness (QED) is 0.785. The maximum absolute atomic E-state index is 12.5. The Bertz CT molecular complexity index is 679. The topological polar surface area (TPSA) is 17.1 Å².